The van der Waals surface area contributed by atoms with Gasteiger partial charge in [0.2, 0.25) is 0 Å². The third kappa shape index (κ3) is 2.30. The molecule has 2 heterocycles. The maximum Gasteiger partial charge on any atom is 0.264 e. The quantitative estimate of drug-likeness (QED) is 0.814. The number of nitrogens with zero attached hydrogens (tertiary/aromatic N) is 1. The van der Waals surface area contributed by atoms with Gasteiger partial charge in [-0.3, -0.25) is 4.79 Å². The summed E-state index contributed by atoms with van der Waals surface area (Å²) in [6.07, 6.45) is 1.06. The summed E-state index contributed by atoms with van der Waals surface area (Å²) in [4.78, 5) is 15.3. The minimum atomic E-state index is 0.181. The van der Waals surface area contributed by atoms with Crippen LogP contribution in [-0.4, -0.2) is 23.4 Å². The second-order valence-electron chi connectivity index (χ2n) is 5.02. The lowest BCUT2D eigenvalue weighted by Crippen LogP contribution is -2.34. The van der Waals surface area contributed by atoms with Crippen LogP contribution in [0, 0.1) is 0 Å². The van der Waals surface area contributed by atoms with Crippen LogP contribution in [0.25, 0.3) is 0 Å². The highest BCUT2D eigenvalue weighted by atomic mass is 32.1. The molecule has 1 amide bonds. The minimum absolute atomic E-state index is 0.181. The molecule has 98 valence electrons. The summed E-state index contributed by atoms with van der Waals surface area (Å²) in [5, 5.41) is 1.96. The lowest BCUT2D eigenvalue weighted by Gasteiger charge is -2.24. The molecule has 0 aliphatic carbocycles. The predicted molar refractivity (Wildman–Crippen MR) is 78.6 cm³/mol. The zero-order chi connectivity index (χ0) is 13.2. The zero-order valence-electron chi connectivity index (χ0n) is 11.0. The normalized spacial score (nSPS) is 22.7. The van der Waals surface area contributed by atoms with Gasteiger partial charge in [-0.15, -0.1) is 11.3 Å². The van der Waals surface area contributed by atoms with Crippen molar-refractivity contribution in [2.45, 2.75) is 25.3 Å². The van der Waals surface area contributed by atoms with Gasteiger partial charge in [0.25, 0.3) is 5.91 Å². The lowest BCUT2D eigenvalue weighted by molar-refractivity contribution is 0.0747. The van der Waals surface area contributed by atoms with Gasteiger partial charge in [0.15, 0.2) is 0 Å². The third-order valence-corrected chi connectivity index (χ3v) is 4.83. The number of thiophene rings is 1. The first kappa shape index (κ1) is 12.4. The van der Waals surface area contributed by atoms with Crippen LogP contribution in [0.2, 0.25) is 0 Å². The van der Waals surface area contributed by atoms with Gasteiger partial charge in [0, 0.05) is 18.5 Å². The second kappa shape index (κ2) is 5.17. The molecular weight excluding hydrogens is 254 g/mol. The molecule has 0 bridgehead atoms. The van der Waals surface area contributed by atoms with Gasteiger partial charge in [-0.1, -0.05) is 36.4 Å². The smallest absolute Gasteiger partial charge is 0.264 e. The van der Waals surface area contributed by atoms with E-state index < -0.39 is 0 Å². The Labute approximate surface area is 117 Å². The number of hydrogen-bond donors (Lipinski definition) is 0. The largest absolute Gasteiger partial charge is 0.335 e. The summed E-state index contributed by atoms with van der Waals surface area (Å²) < 4.78 is 0. The van der Waals surface area contributed by atoms with Crippen LogP contribution >= 0.6 is 11.3 Å². The molecule has 2 nitrogen and oxygen atoms in total. The van der Waals surface area contributed by atoms with Gasteiger partial charge in [-0.25, -0.2) is 0 Å². The van der Waals surface area contributed by atoms with Crippen molar-refractivity contribution in [3.05, 3.63) is 58.3 Å². The van der Waals surface area contributed by atoms with Crippen molar-refractivity contribution >= 4 is 17.2 Å². The molecule has 19 heavy (non-hydrogen) atoms. The Morgan fingerprint density at radius 1 is 1.21 bits per heavy atom. The van der Waals surface area contributed by atoms with E-state index >= 15 is 0 Å². The molecule has 1 aliphatic rings. The number of likely N-dealkylation sites (tertiary alicyclic amines) is 1. The van der Waals surface area contributed by atoms with Crippen molar-refractivity contribution in [2.75, 3.05) is 6.54 Å². The molecule has 3 rings (SSSR count). The van der Waals surface area contributed by atoms with E-state index in [4.69, 9.17) is 0 Å². The van der Waals surface area contributed by atoms with E-state index in [1.165, 1.54) is 16.9 Å². The van der Waals surface area contributed by atoms with E-state index in [1.807, 2.05) is 28.5 Å². The lowest BCUT2D eigenvalue weighted by atomic mass is 9.93. The Morgan fingerprint density at radius 2 is 2.00 bits per heavy atom. The molecule has 0 spiro atoms. The van der Waals surface area contributed by atoms with Gasteiger partial charge in [-0.05, 0) is 30.4 Å². The van der Waals surface area contributed by atoms with Crippen molar-refractivity contribution in [3.63, 3.8) is 0 Å². The molecule has 0 saturated carbocycles. The summed E-state index contributed by atoms with van der Waals surface area (Å²) in [5.74, 6) is 0.644. The number of carbonyl (C=O) groups excluding carboxylic acids is 1. The number of amides is 1. The van der Waals surface area contributed by atoms with Crippen LogP contribution in [0.3, 0.4) is 0 Å². The molecule has 2 atom stereocenters. The summed E-state index contributed by atoms with van der Waals surface area (Å²) in [6.45, 7) is 3.02. The van der Waals surface area contributed by atoms with Crippen LogP contribution in [-0.2, 0) is 0 Å². The van der Waals surface area contributed by atoms with E-state index in [-0.39, 0.29) is 11.9 Å². The Morgan fingerprint density at radius 3 is 2.68 bits per heavy atom. The minimum Gasteiger partial charge on any atom is -0.335 e. The fourth-order valence-corrected chi connectivity index (χ4v) is 3.59. The third-order valence-electron chi connectivity index (χ3n) is 3.98. The van der Waals surface area contributed by atoms with Gasteiger partial charge in [0.05, 0.1) is 4.88 Å². The number of rotatable bonds is 2. The molecule has 0 radical (unpaired) electrons. The summed E-state index contributed by atoms with van der Waals surface area (Å²) in [5.41, 5.74) is 1.34. The number of carbonyl (C=O) groups is 1. The summed E-state index contributed by atoms with van der Waals surface area (Å²) in [7, 11) is 0. The molecule has 2 aromatic rings. The Hall–Kier alpha value is -1.61. The first-order valence-electron chi connectivity index (χ1n) is 6.67. The van der Waals surface area contributed by atoms with Crippen LogP contribution in [0.4, 0.5) is 0 Å². The molecule has 0 N–H and O–H groups in total. The first-order valence-corrected chi connectivity index (χ1v) is 7.55. The van der Waals surface area contributed by atoms with Crippen LogP contribution < -0.4 is 0 Å². The molecule has 1 aliphatic heterocycles. The van der Waals surface area contributed by atoms with Gasteiger partial charge in [0.1, 0.15) is 0 Å². The monoisotopic (exact) mass is 271 g/mol. The molecule has 1 saturated heterocycles. The Balaban J connectivity index is 1.79. The molecule has 3 heteroatoms. The molecule has 1 fully saturated rings. The van der Waals surface area contributed by atoms with Gasteiger partial charge < -0.3 is 4.90 Å². The predicted octanol–water partition coefficient (Wildman–Crippen LogP) is 3.77. The fourth-order valence-electron chi connectivity index (χ4n) is 2.91. The zero-order valence-corrected chi connectivity index (χ0v) is 11.8. The van der Waals surface area contributed by atoms with Crippen LogP contribution in [0.1, 0.15) is 34.5 Å². The topological polar surface area (TPSA) is 20.3 Å². The molecule has 2 unspecified atom stereocenters. The molecular formula is C16H17NOS. The number of hydrogen-bond acceptors (Lipinski definition) is 2. The first-order chi connectivity index (χ1) is 9.27. The summed E-state index contributed by atoms with van der Waals surface area (Å²) in [6, 6.07) is 14.6. The van der Waals surface area contributed by atoms with Crippen LogP contribution in [0.5, 0.6) is 0 Å². The SMILES string of the molecule is CC1C(c2ccccc2)CCN1C(=O)c1cccs1. The van der Waals surface area contributed by atoms with Crippen LogP contribution in [0.15, 0.2) is 47.8 Å². The van der Waals surface area contributed by atoms with E-state index in [0.29, 0.717) is 5.92 Å². The Bertz CT molecular complexity index is 549. The highest BCUT2D eigenvalue weighted by Gasteiger charge is 2.35. The fraction of sp³-hybridized carbons (Fsp3) is 0.312. The Kier molecular flexibility index (Phi) is 3.38. The van der Waals surface area contributed by atoms with E-state index in [0.717, 1.165) is 17.8 Å². The maximum absolute atomic E-state index is 12.4. The van der Waals surface area contributed by atoms with E-state index in [1.54, 1.807) is 0 Å². The van der Waals surface area contributed by atoms with Crippen molar-refractivity contribution < 1.29 is 4.79 Å². The maximum atomic E-state index is 12.4. The van der Waals surface area contributed by atoms with Gasteiger partial charge >= 0.3 is 0 Å². The second-order valence-corrected chi connectivity index (χ2v) is 5.97. The summed E-state index contributed by atoms with van der Waals surface area (Å²) >= 11 is 1.53. The molecule has 1 aromatic carbocycles. The number of benzene rings is 1. The van der Waals surface area contributed by atoms with Gasteiger partial charge in [-0.2, -0.15) is 0 Å². The van der Waals surface area contributed by atoms with Crippen molar-refractivity contribution in [2.24, 2.45) is 0 Å². The standard InChI is InChI=1S/C16H17NOS/c1-12-14(13-6-3-2-4-7-13)9-10-17(12)16(18)15-8-5-11-19-15/h2-8,11-12,14H,9-10H2,1H3. The van der Waals surface area contributed by atoms with Crippen molar-refractivity contribution in [3.8, 4) is 0 Å². The average molecular weight is 271 g/mol. The highest BCUT2D eigenvalue weighted by Crippen LogP contribution is 2.34. The molecule has 1 aromatic heterocycles. The van der Waals surface area contributed by atoms with Crippen molar-refractivity contribution in [1.82, 2.24) is 4.90 Å². The van der Waals surface area contributed by atoms with E-state index in [2.05, 4.69) is 31.2 Å². The van der Waals surface area contributed by atoms with Crippen molar-refractivity contribution in [1.29, 1.82) is 0 Å². The highest BCUT2D eigenvalue weighted by molar-refractivity contribution is 7.12. The average Bonchev–Trinajstić information content (AvgIpc) is 3.08. The van der Waals surface area contributed by atoms with E-state index in [9.17, 15) is 4.79 Å².